The highest BCUT2D eigenvalue weighted by molar-refractivity contribution is 7.71. The maximum Gasteiger partial charge on any atom is 0.230 e. The number of fused-ring (bicyclic) bond motifs is 1. The van der Waals surface area contributed by atoms with Crippen LogP contribution in [0.4, 0.5) is 11.6 Å². The molecule has 0 bridgehead atoms. The highest BCUT2D eigenvalue weighted by Gasteiger charge is 2.25. The van der Waals surface area contributed by atoms with E-state index in [1.807, 2.05) is 4.57 Å². The van der Waals surface area contributed by atoms with E-state index in [1.54, 1.807) is 0 Å². The van der Waals surface area contributed by atoms with E-state index in [2.05, 4.69) is 53.2 Å². The molecule has 1 aromatic carbocycles. The maximum atomic E-state index is 5.29. The van der Waals surface area contributed by atoms with Gasteiger partial charge in [0.1, 0.15) is 0 Å². The van der Waals surface area contributed by atoms with E-state index in [0.717, 1.165) is 25.5 Å². The van der Waals surface area contributed by atoms with Crippen LogP contribution in [0.1, 0.15) is 19.4 Å². The molecule has 1 aliphatic rings. The van der Waals surface area contributed by atoms with Gasteiger partial charge in [0.25, 0.3) is 0 Å². The molecular weight excluding hydrogens is 256 g/mol. The summed E-state index contributed by atoms with van der Waals surface area (Å²) in [5, 5.41) is 7.32. The first-order valence-electron chi connectivity index (χ1n) is 6.71. The number of H-pyrrole nitrogens is 1. The second-order valence-electron chi connectivity index (χ2n) is 5.12. The molecule has 0 fully saturated rings. The monoisotopic (exact) mass is 274 g/mol. The minimum atomic E-state index is 0.616. The molecule has 2 aromatic rings. The molecule has 0 saturated carbocycles. The van der Waals surface area contributed by atoms with Crippen molar-refractivity contribution in [3.8, 4) is 0 Å². The number of nitrogens with zero attached hydrogens (tertiary/aromatic N) is 3. The first-order chi connectivity index (χ1) is 9.20. The summed E-state index contributed by atoms with van der Waals surface area (Å²) in [5.74, 6) is 1.54. The van der Waals surface area contributed by atoms with Crippen molar-refractivity contribution in [2.75, 3.05) is 11.4 Å². The van der Waals surface area contributed by atoms with Gasteiger partial charge in [-0.05, 0) is 43.1 Å². The molecule has 1 N–H and O–H groups in total. The molecule has 1 aromatic heterocycles. The molecule has 0 aliphatic carbocycles. The molecule has 1 unspecified atom stereocenters. The molecule has 5 heteroatoms. The zero-order chi connectivity index (χ0) is 13.4. The largest absolute Gasteiger partial charge is 0.310 e. The van der Waals surface area contributed by atoms with E-state index in [9.17, 15) is 0 Å². The molecule has 19 heavy (non-hydrogen) atoms. The van der Waals surface area contributed by atoms with Gasteiger partial charge in [-0.15, -0.1) is 5.10 Å². The van der Waals surface area contributed by atoms with Gasteiger partial charge >= 0.3 is 0 Å². The quantitative estimate of drug-likeness (QED) is 0.854. The molecule has 2 heterocycles. The van der Waals surface area contributed by atoms with Crippen molar-refractivity contribution in [1.82, 2.24) is 14.8 Å². The molecule has 0 spiro atoms. The Balaban J connectivity index is 2.12. The van der Waals surface area contributed by atoms with Gasteiger partial charge in [0.15, 0.2) is 4.77 Å². The van der Waals surface area contributed by atoms with Gasteiger partial charge in [0.2, 0.25) is 5.95 Å². The number of para-hydroxylation sites is 1. The lowest BCUT2D eigenvalue weighted by Gasteiger charge is -2.33. The Bertz CT molecular complexity index is 643. The normalized spacial score (nSPS) is 18.4. The van der Waals surface area contributed by atoms with Crippen molar-refractivity contribution in [1.29, 1.82) is 0 Å². The van der Waals surface area contributed by atoms with Gasteiger partial charge < -0.3 is 4.90 Å². The van der Waals surface area contributed by atoms with Crippen molar-refractivity contribution in [3.63, 3.8) is 0 Å². The first kappa shape index (κ1) is 12.4. The minimum Gasteiger partial charge on any atom is -0.310 e. The van der Waals surface area contributed by atoms with Gasteiger partial charge in [0.05, 0.1) is 0 Å². The Labute approximate surface area is 118 Å². The number of aromatic nitrogens is 3. The van der Waals surface area contributed by atoms with Crippen molar-refractivity contribution >= 4 is 23.9 Å². The van der Waals surface area contributed by atoms with Crippen molar-refractivity contribution in [2.45, 2.75) is 26.8 Å². The summed E-state index contributed by atoms with van der Waals surface area (Å²) >= 11 is 5.29. The molecule has 0 saturated heterocycles. The molecule has 0 radical (unpaired) electrons. The molecule has 1 atom stereocenters. The second kappa shape index (κ2) is 4.81. The molecule has 100 valence electrons. The van der Waals surface area contributed by atoms with Crippen LogP contribution in [0, 0.1) is 10.7 Å². The van der Waals surface area contributed by atoms with E-state index in [4.69, 9.17) is 12.2 Å². The third-order valence-corrected chi connectivity index (χ3v) is 3.95. The number of rotatable bonds is 2. The van der Waals surface area contributed by atoms with Crippen LogP contribution in [0.15, 0.2) is 24.3 Å². The predicted molar refractivity (Wildman–Crippen MR) is 79.4 cm³/mol. The van der Waals surface area contributed by atoms with Crippen molar-refractivity contribution in [3.05, 3.63) is 34.6 Å². The zero-order valence-corrected chi connectivity index (χ0v) is 12.1. The molecule has 0 amide bonds. The van der Waals surface area contributed by atoms with E-state index < -0.39 is 0 Å². The number of nitrogens with one attached hydrogen (secondary N) is 1. The predicted octanol–water partition coefficient (Wildman–Crippen LogP) is 3.29. The van der Waals surface area contributed by atoms with Crippen LogP contribution in [0.25, 0.3) is 0 Å². The molecule has 1 aliphatic heterocycles. The number of hydrogen-bond donors (Lipinski definition) is 1. The van der Waals surface area contributed by atoms with Crippen LogP contribution in [-0.4, -0.2) is 21.3 Å². The second-order valence-corrected chi connectivity index (χ2v) is 5.51. The number of benzene rings is 1. The minimum absolute atomic E-state index is 0.616. The summed E-state index contributed by atoms with van der Waals surface area (Å²) < 4.78 is 2.73. The van der Waals surface area contributed by atoms with E-state index >= 15 is 0 Å². The van der Waals surface area contributed by atoms with Crippen LogP contribution in [0.2, 0.25) is 0 Å². The summed E-state index contributed by atoms with van der Waals surface area (Å²) in [5.41, 5.74) is 2.64. The summed E-state index contributed by atoms with van der Waals surface area (Å²) in [7, 11) is 0. The van der Waals surface area contributed by atoms with Crippen LogP contribution in [-0.2, 0) is 13.0 Å². The van der Waals surface area contributed by atoms with Crippen LogP contribution in [0.3, 0.4) is 0 Å². The maximum absolute atomic E-state index is 5.29. The summed E-state index contributed by atoms with van der Waals surface area (Å²) in [6, 6.07) is 8.56. The first-order valence-corrected chi connectivity index (χ1v) is 7.12. The third-order valence-electron chi connectivity index (χ3n) is 3.64. The lowest BCUT2D eigenvalue weighted by Crippen LogP contribution is -2.32. The molecular formula is C14H18N4S. The number of hydrogen-bond acceptors (Lipinski definition) is 3. The lowest BCUT2D eigenvalue weighted by atomic mass is 9.94. The Morgan fingerprint density at radius 3 is 3.00 bits per heavy atom. The standard InChI is InChI=1S/C14H18N4S/c1-3-17-13(15-16-14(17)19)18-9-10(2)8-11-6-4-5-7-12(11)18/h4-7,10H,3,8-9H2,1-2H3,(H,16,19). The Morgan fingerprint density at radius 1 is 1.42 bits per heavy atom. The fourth-order valence-electron chi connectivity index (χ4n) is 2.79. The van der Waals surface area contributed by atoms with Crippen molar-refractivity contribution < 1.29 is 0 Å². The Morgan fingerprint density at radius 2 is 2.21 bits per heavy atom. The zero-order valence-electron chi connectivity index (χ0n) is 11.3. The molecule has 3 rings (SSSR count). The fourth-order valence-corrected chi connectivity index (χ4v) is 3.04. The van der Waals surface area contributed by atoms with Gasteiger partial charge in [-0.3, -0.25) is 4.57 Å². The van der Waals surface area contributed by atoms with Gasteiger partial charge in [-0.2, -0.15) is 0 Å². The van der Waals surface area contributed by atoms with Gasteiger partial charge in [0, 0.05) is 18.8 Å². The Hall–Kier alpha value is -1.62. The third kappa shape index (κ3) is 2.08. The van der Waals surface area contributed by atoms with Crippen LogP contribution >= 0.6 is 12.2 Å². The van der Waals surface area contributed by atoms with Gasteiger partial charge in [-0.25, -0.2) is 5.10 Å². The fraction of sp³-hybridized carbons (Fsp3) is 0.429. The smallest absolute Gasteiger partial charge is 0.230 e. The number of aromatic amines is 1. The summed E-state index contributed by atoms with van der Waals surface area (Å²) in [6.07, 6.45) is 1.13. The average Bonchev–Trinajstić information content (AvgIpc) is 2.78. The average molecular weight is 274 g/mol. The van der Waals surface area contributed by atoms with Gasteiger partial charge in [-0.1, -0.05) is 25.1 Å². The van der Waals surface area contributed by atoms with Crippen LogP contribution < -0.4 is 4.90 Å². The number of anilines is 2. The lowest BCUT2D eigenvalue weighted by molar-refractivity contribution is 0.550. The highest BCUT2D eigenvalue weighted by atomic mass is 32.1. The summed E-state index contributed by atoms with van der Waals surface area (Å²) in [4.78, 5) is 2.28. The SMILES string of the molecule is CCn1c(N2CC(C)Cc3ccccc32)n[nH]c1=S. The van der Waals surface area contributed by atoms with E-state index in [0.29, 0.717) is 10.7 Å². The topological polar surface area (TPSA) is 36.9 Å². The van der Waals surface area contributed by atoms with Crippen LogP contribution in [0.5, 0.6) is 0 Å². The van der Waals surface area contributed by atoms with Crippen molar-refractivity contribution in [2.24, 2.45) is 5.92 Å². The van der Waals surface area contributed by atoms with E-state index in [-0.39, 0.29) is 0 Å². The molecule has 4 nitrogen and oxygen atoms in total. The summed E-state index contributed by atoms with van der Waals surface area (Å²) in [6.45, 7) is 6.18. The highest BCUT2D eigenvalue weighted by Crippen LogP contribution is 2.34. The van der Waals surface area contributed by atoms with E-state index in [1.165, 1.54) is 11.3 Å². The Kier molecular flexibility index (Phi) is 3.14.